The molecule has 1 aliphatic heterocycles. The molecule has 2 N–H and O–H groups in total. The summed E-state index contributed by atoms with van der Waals surface area (Å²) in [7, 11) is 0. The lowest BCUT2D eigenvalue weighted by molar-refractivity contribution is -0.143. The lowest BCUT2D eigenvalue weighted by Crippen LogP contribution is -2.35. The summed E-state index contributed by atoms with van der Waals surface area (Å²) in [6, 6.07) is 11.1. The maximum Gasteiger partial charge on any atom is 0.306 e. The second kappa shape index (κ2) is 8.50. The number of halogens is 2. The highest BCUT2D eigenvalue weighted by Crippen LogP contribution is 2.21. The van der Waals surface area contributed by atoms with Gasteiger partial charge >= 0.3 is 5.97 Å². The molecular weight excluding hydrogens is 371 g/mol. The number of carboxylic acids is 1. The number of benzene rings is 2. The van der Waals surface area contributed by atoms with E-state index >= 15 is 0 Å². The minimum atomic E-state index is -0.725. The van der Waals surface area contributed by atoms with Crippen molar-refractivity contribution in [2.24, 2.45) is 5.92 Å². The molecule has 5 nitrogen and oxygen atoms in total. The van der Waals surface area contributed by atoms with Crippen LogP contribution in [0.15, 0.2) is 42.5 Å². The predicted octanol–water partition coefficient (Wildman–Crippen LogP) is 4.03. The molecule has 0 unspecified atom stereocenters. The molecule has 0 atom stereocenters. The van der Waals surface area contributed by atoms with E-state index in [9.17, 15) is 14.0 Å². The fourth-order valence-corrected chi connectivity index (χ4v) is 3.45. The number of hydrogen-bond donors (Lipinski definition) is 2. The molecular formula is C20H20ClFN2O3. The van der Waals surface area contributed by atoms with E-state index in [0.717, 1.165) is 30.8 Å². The van der Waals surface area contributed by atoms with E-state index < -0.39 is 17.7 Å². The number of aliphatic carboxylic acids is 1. The van der Waals surface area contributed by atoms with Crippen LogP contribution in [0.4, 0.5) is 10.1 Å². The van der Waals surface area contributed by atoms with Gasteiger partial charge in [-0.25, -0.2) is 4.39 Å². The van der Waals surface area contributed by atoms with Crippen LogP contribution < -0.4 is 5.32 Å². The van der Waals surface area contributed by atoms with Crippen molar-refractivity contribution >= 4 is 29.2 Å². The quantitative estimate of drug-likeness (QED) is 0.808. The summed E-state index contributed by atoms with van der Waals surface area (Å²) in [5.74, 6) is -1.98. The highest BCUT2D eigenvalue weighted by molar-refractivity contribution is 6.31. The van der Waals surface area contributed by atoms with E-state index in [2.05, 4.69) is 10.2 Å². The van der Waals surface area contributed by atoms with Crippen molar-refractivity contribution in [3.8, 4) is 0 Å². The number of nitrogens with one attached hydrogen (secondary N) is 1. The van der Waals surface area contributed by atoms with Crippen molar-refractivity contribution in [1.29, 1.82) is 0 Å². The third-order valence-corrected chi connectivity index (χ3v) is 4.87. The minimum absolute atomic E-state index is 0.154. The number of carbonyl (C=O) groups is 2. The maximum absolute atomic E-state index is 13.4. The Labute approximate surface area is 161 Å². The van der Waals surface area contributed by atoms with Crippen molar-refractivity contribution in [2.45, 2.75) is 19.4 Å². The number of piperidine rings is 1. The zero-order valence-corrected chi connectivity index (χ0v) is 15.4. The van der Waals surface area contributed by atoms with Crippen LogP contribution in [0.25, 0.3) is 0 Å². The summed E-state index contributed by atoms with van der Waals surface area (Å²) >= 11 is 5.80. The Morgan fingerprint density at radius 3 is 2.59 bits per heavy atom. The van der Waals surface area contributed by atoms with E-state index in [-0.39, 0.29) is 16.5 Å². The molecule has 27 heavy (non-hydrogen) atoms. The van der Waals surface area contributed by atoms with E-state index in [1.54, 1.807) is 6.07 Å². The number of likely N-dealkylation sites (tertiary alicyclic amines) is 1. The molecule has 2 aromatic carbocycles. The summed E-state index contributed by atoms with van der Waals surface area (Å²) in [6.07, 6.45) is 1.29. The van der Waals surface area contributed by atoms with Crippen LogP contribution in [0.1, 0.15) is 28.8 Å². The molecule has 1 heterocycles. The van der Waals surface area contributed by atoms with Crippen molar-refractivity contribution in [2.75, 3.05) is 18.4 Å². The molecule has 7 heteroatoms. The van der Waals surface area contributed by atoms with Gasteiger partial charge in [0.25, 0.3) is 5.91 Å². The molecule has 1 saturated heterocycles. The minimum Gasteiger partial charge on any atom is -0.481 e. The van der Waals surface area contributed by atoms with Gasteiger partial charge in [0.05, 0.1) is 5.92 Å². The average molecular weight is 391 g/mol. The smallest absolute Gasteiger partial charge is 0.306 e. The number of amides is 1. The van der Waals surface area contributed by atoms with Crippen LogP contribution in [-0.4, -0.2) is 35.0 Å². The SMILES string of the molecule is O=C(Nc1cccc(CN2CCC(C(=O)O)CC2)c1)c1cc(F)cc(Cl)c1. The van der Waals surface area contributed by atoms with Gasteiger partial charge in [-0.1, -0.05) is 23.7 Å². The van der Waals surface area contributed by atoms with Crippen molar-refractivity contribution in [3.63, 3.8) is 0 Å². The Hall–Kier alpha value is -2.44. The van der Waals surface area contributed by atoms with Crippen molar-refractivity contribution in [1.82, 2.24) is 4.90 Å². The van der Waals surface area contributed by atoms with Gasteiger partial charge in [-0.3, -0.25) is 14.5 Å². The Kier molecular flexibility index (Phi) is 6.08. The number of rotatable bonds is 5. The summed E-state index contributed by atoms with van der Waals surface area (Å²) < 4.78 is 13.4. The van der Waals surface area contributed by atoms with Crippen LogP contribution in [0, 0.1) is 11.7 Å². The van der Waals surface area contributed by atoms with Gasteiger partial charge in [0, 0.05) is 22.8 Å². The molecule has 0 radical (unpaired) electrons. The van der Waals surface area contributed by atoms with Gasteiger partial charge < -0.3 is 10.4 Å². The molecule has 0 spiro atoms. The van der Waals surface area contributed by atoms with Crippen molar-refractivity contribution < 1.29 is 19.1 Å². The average Bonchev–Trinajstić information content (AvgIpc) is 2.61. The van der Waals surface area contributed by atoms with Gasteiger partial charge in [0.2, 0.25) is 0 Å². The molecule has 1 fully saturated rings. The van der Waals surface area contributed by atoms with Crippen LogP contribution in [0.5, 0.6) is 0 Å². The van der Waals surface area contributed by atoms with Gasteiger partial charge in [-0.15, -0.1) is 0 Å². The van der Waals surface area contributed by atoms with E-state index in [1.165, 1.54) is 6.07 Å². The Balaban J connectivity index is 1.62. The Morgan fingerprint density at radius 2 is 1.93 bits per heavy atom. The molecule has 0 saturated carbocycles. The molecule has 1 aliphatic rings. The second-order valence-corrected chi connectivity index (χ2v) is 7.14. The first-order valence-electron chi connectivity index (χ1n) is 8.72. The summed E-state index contributed by atoms with van der Waals surface area (Å²) in [5, 5.41) is 12.0. The fraction of sp³-hybridized carbons (Fsp3) is 0.300. The molecule has 0 aliphatic carbocycles. The van der Waals surface area contributed by atoms with Gasteiger partial charge in [-0.2, -0.15) is 0 Å². The van der Waals surface area contributed by atoms with Crippen LogP contribution in [0.3, 0.4) is 0 Å². The summed E-state index contributed by atoms with van der Waals surface area (Å²) in [6.45, 7) is 2.15. The second-order valence-electron chi connectivity index (χ2n) is 6.70. The summed E-state index contributed by atoms with van der Waals surface area (Å²) in [5.41, 5.74) is 1.78. The third-order valence-electron chi connectivity index (χ3n) is 4.65. The predicted molar refractivity (Wildman–Crippen MR) is 101 cm³/mol. The first-order chi connectivity index (χ1) is 12.9. The number of nitrogens with zero attached hydrogens (tertiary/aromatic N) is 1. The topological polar surface area (TPSA) is 69.6 Å². The molecule has 3 rings (SSSR count). The van der Waals surface area contributed by atoms with Gasteiger partial charge in [-0.05, 0) is 61.8 Å². The molecule has 2 aromatic rings. The zero-order valence-electron chi connectivity index (χ0n) is 14.6. The van der Waals surface area contributed by atoms with E-state index in [4.69, 9.17) is 16.7 Å². The largest absolute Gasteiger partial charge is 0.481 e. The monoisotopic (exact) mass is 390 g/mol. The van der Waals surface area contributed by atoms with E-state index in [1.807, 2.05) is 18.2 Å². The number of anilines is 1. The third kappa shape index (κ3) is 5.28. The highest BCUT2D eigenvalue weighted by atomic mass is 35.5. The van der Waals surface area contributed by atoms with Crippen LogP contribution >= 0.6 is 11.6 Å². The standard InChI is InChI=1S/C20H20ClFN2O3/c21-16-9-15(10-17(22)11-16)19(25)23-18-3-1-2-13(8-18)12-24-6-4-14(5-7-24)20(26)27/h1-3,8-11,14H,4-7,12H2,(H,23,25)(H,26,27). The Morgan fingerprint density at radius 1 is 1.19 bits per heavy atom. The van der Waals surface area contributed by atoms with Gasteiger partial charge in [0.15, 0.2) is 0 Å². The maximum atomic E-state index is 13.4. The number of carbonyl (C=O) groups excluding carboxylic acids is 1. The Bertz CT molecular complexity index is 831. The molecule has 0 bridgehead atoms. The van der Waals surface area contributed by atoms with Crippen molar-refractivity contribution in [3.05, 3.63) is 64.4 Å². The lowest BCUT2D eigenvalue weighted by atomic mass is 9.97. The lowest BCUT2D eigenvalue weighted by Gasteiger charge is -2.30. The first kappa shape index (κ1) is 19.3. The number of carboxylic acid groups (broad SMARTS) is 1. The highest BCUT2D eigenvalue weighted by Gasteiger charge is 2.24. The van der Waals surface area contributed by atoms with E-state index in [0.29, 0.717) is 25.1 Å². The fourth-order valence-electron chi connectivity index (χ4n) is 3.23. The van der Waals surface area contributed by atoms with Crippen LogP contribution in [0.2, 0.25) is 5.02 Å². The molecule has 1 amide bonds. The zero-order chi connectivity index (χ0) is 19.4. The summed E-state index contributed by atoms with van der Waals surface area (Å²) in [4.78, 5) is 25.6. The number of hydrogen-bond acceptors (Lipinski definition) is 3. The molecule has 142 valence electrons. The van der Waals surface area contributed by atoms with Gasteiger partial charge in [0.1, 0.15) is 5.82 Å². The van der Waals surface area contributed by atoms with Crippen LogP contribution in [-0.2, 0) is 11.3 Å². The molecule has 0 aromatic heterocycles. The first-order valence-corrected chi connectivity index (χ1v) is 9.10. The normalized spacial score (nSPS) is 15.5.